The molecule has 1 aromatic carbocycles. The van der Waals surface area contributed by atoms with E-state index < -0.39 is 0 Å². The van der Waals surface area contributed by atoms with E-state index in [9.17, 15) is 0 Å². The molecular formula is C15H24N2. The van der Waals surface area contributed by atoms with Crippen LogP contribution in [0, 0.1) is 0 Å². The number of piperidine rings is 1. The molecule has 1 fully saturated rings. The standard InChI is InChI=1S/C15H24N2/c1-14(16-17-12-6-3-7-13-17)10-11-15-8-4-2-5-9-15/h2,4-5,8-9,14,16H,3,6-7,10-13H2,1H3. The maximum Gasteiger partial charge on any atom is 0.0190 e. The fourth-order valence-corrected chi connectivity index (χ4v) is 2.43. The third-order valence-electron chi connectivity index (χ3n) is 3.47. The highest BCUT2D eigenvalue weighted by molar-refractivity contribution is 5.14. The number of hydrogen-bond acceptors (Lipinski definition) is 2. The Balaban J connectivity index is 1.68. The van der Waals surface area contributed by atoms with E-state index in [1.54, 1.807) is 0 Å². The van der Waals surface area contributed by atoms with Gasteiger partial charge in [-0.05, 0) is 38.2 Å². The van der Waals surface area contributed by atoms with Crippen LogP contribution in [0.2, 0.25) is 0 Å². The first kappa shape index (κ1) is 12.6. The minimum absolute atomic E-state index is 0.577. The number of hydrazine groups is 1. The molecule has 94 valence electrons. The number of nitrogens with zero attached hydrogens (tertiary/aromatic N) is 1. The molecule has 17 heavy (non-hydrogen) atoms. The molecule has 1 heterocycles. The molecule has 1 N–H and O–H groups in total. The molecule has 0 aromatic heterocycles. The summed E-state index contributed by atoms with van der Waals surface area (Å²) >= 11 is 0. The Morgan fingerprint density at radius 2 is 1.82 bits per heavy atom. The van der Waals surface area contributed by atoms with E-state index in [4.69, 9.17) is 0 Å². The zero-order chi connectivity index (χ0) is 11.9. The van der Waals surface area contributed by atoms with Crippen molar-refractivity contribution in [2.45, 2.75) is 45.1 Å². The fourth-order valence-electron chi connectivity index (χ4n) is 2.43. The summed E-state index contributed by atoms with van der Waals surface area (Å²) in [6.45, 7) is 4.73. The van der Waals surface area contributed by atoms with Crippen LogP contribution in [0.15, 0.2) is 30.3 Å². The van der Waals surface area contributed by atoms with Crippen molar-refractivity contribution in [3.8, 4) is 0 Å². The van der Waals surface area contributed by atoms with Gasteiger partial charge in [-0.2, -0.15) is 0 Å². The van der Waals surface area contributed by atoms with Gasteiger partial charge in [-0.15, -0.1) is 0 Å². The van der Waals surface area contributed by atoms with Crippen LogP contribution in [0.4, 0.5) is 0 Å². The Kier molecular flexibility index (Phi) is 5.02. The third-order valence-corrected chi connectivity index (χ3v) is 3.47. The lowest BCUT2D eigenvalue weighted by Crippen LogP contribution is -2.46. The number of benzene rings is 1. The Bertz CT molecular complexity index is 304. The van der Waals surface area contributed by atoms with Crippen molar-refractivity contribution in [2.75, 3.05) is 13.1 Å². The van der Waals surface area contributed by atoms with E-state index in [-0.39, 0.29) is 0 Å². The third kappa shape index (κ3) is 4.49. The van der Waals surface area contributed by atoms with Gasteiger partial charge in [0.15, 0.2) is 0 Å². The molecule has 1 aromatic rings. The molecular weight excluding hydrogens is 208 g/mol. The van der Waals surface area contributed by atoms with Gasteiger partial charge in [0, 0.05) is 19.1 Å². The summed E-state index contributed by atoms with van der Waals surface area (Å²) in [7, 11) is 0. The molecule has 2 nitrogen and oxygen atoms in total. The Labute approximate surface area is 105 Å². The van der Waals surface area contributed by atoms with Crippen molar-refractivity contribution in [2.24, 2.45) is 0 Å². The number of nitrogens with one attached hydrogen (secondary N) is 1. The lowest BCUT2D eigenvalue weighted by atomic mass is 10.1. The van der Waals surface area contributed by atoms with Crippen LogP contribution >= 0.6 is 0 Å². The summed E-state index contributed by atoms with van der Waals surface area (Å²) in [6.07, 6.45) is 6.47. The van der Waals surface area contributed by atoms with Crippen LogP contribution in [-0.2, 0) is 6.42 Å². The highest BCUT2D eigenvalue weighted by Crippen LogP contribution is 2.09. The van der Waals surface area contributed by atoms with E-state index in [1.807, 2.05) is 0 Å². The highest BCUT2D eigenvalue weighted by atomic mass is 15.5. The Morgan fingerprint density at radius 1 is 1.12 bits per heavy atom. The van der Waals surface area contributed by atoms with Crippen molar-refractivity contribution in [3.05, 3.63) is 35.9 Å². The quantitative estimate of drug-likeness (QED) is 0.839. The molecule has 0 spiro atoms. The van der Waals surface area contributed by atoms with Gasteiger partial charge in [0.2, 0.25) is 0 Å². The maximum atomic E-state index is 3.62. The van der Waals surface area contributed by atoms with Crippen LogP contribution in [-0.4, -0.2) is 24.1 Å². The first-order valence-corrected chi connectivity index (χ1v) is 6.89. The minimum Gasteiger partial charge on any atom is -0.252 e. The molecule has 0 aliphatic carbocycles. The molecule has 1 aliphatic rings. The van der Waals surface area contributed by atoms with Crippen LogP contribution in [0.1, 0.15) is 38.2 Å². The second-order valence-corrected chi connectivity index (χ2v) is 5.10. The van der Waals surface area contributed by atoms with E-state index in [2.05, 4.69) is 47.7 Å². The summed E-state index contributed by atoms with van der Waals surface area (Å²) < 4.78 is 0. The molecule has 1 aliphatic heterocycles. The van der Waals surface area contributed by atoms with E-state index in [0.717, 1.165) is 0 Å². The maximum absolute atomic E-state index is 3.62. The molecule has 1 saturated heterocycles. The Hall–Kier alpha value is -0.860. The first-order chi connectivity index (χ1) is 8.34. The molecule has 0 amide bonds. The van der Waals surface area contributed by atoms with Crippen LogP contribution in [0.5, 0.6) is 0 Å². The fraction of sp³-hybridized carbons (Fsp3) is 0.600. The number of aryl methyl sites for hydroxylation is 1. The van der Waals surface area contributed by atoms with Gasteiger partial charge in [0.05, 0.1) is 0 Å². The lowest BCUT2D eigenvalue weighted by Gasteiger charge is -2.30. The van der Waals surface area contributed by atoms with Crippen molar-refractivity contribution >= 4 is 0 Å². The first-order valence-electron chi connectivity index (χ1n) is 6.89. The van der Waals surface area contributed by atoms with Gasteiger partial charge in [-0.3, -0.25) is 5.43 Å². The summed E-state index contributed by atoms with van der Waals surface area (Å²) in [4.78, 5) is 0. The topological polar surface area (TPSA) is 15.3 Å². The average Bonchev–Trinajstić information content (AvgIpc) is 2.39. The lowest BCUT2D eigenvalue weighted by molar-refractivity contribution is 0.130. The van der Waals surface area contributed by atoms with Gasteiger partial charge in [-0.25, -0.2) is 5.01 Å². The predicted octanol–water partition coefficient (Wildman–Crippen LogP) is 3.00. The van der Waals surface area contributed by atoms with Crippen molar-refractivity contribution < 1.29 is 0 Å². The van der Waals surface area contributed by atoms with Crippen LogP contribution < -0.4 is 5.43 Å². The van der Waals surface area contributed by atoms with Gasteiger partial charge in [0.1, 0.15) is 0 Å². The summed E-state index contributed by atoms with van der Waals surface area (Å²) in [5, 5.41) is 2.40. The van der Waals surface area contributed by atoms with Gasteiger partial charge < -0.3 is 0 Å². The monoisotopic (exact) mass is 232 g/mol. The van der Waals surface area contributed by atoms with Crippen molar-refractivity contribution in [1.82, 2.24) is 10.4 Å². The molecule has 2 heteroatoms. The summed E-state index contributed by atoms with van der Waals surface area (Å²) in [5.41, 5.74) is 5.07. The van der Waals surface area contributed by atoms with Crippen LogP contribution in [0.3, 0.4) is 0 Å². The largest absolute Gasteiger partial charge is 0.252 e. The minimum atomic E-state index is 0.577. The second-order valence-electron chi connectivity index (χ2n) is 5.10. The molecule has 0 saturated carbocycles. The second kappa shape index (κ2) is 6.77. The molecule has 1 atom stereocenters. The number of hydrogen-bond donors (Lipinski definition) is 1. The highest BCUT2D eigenvalue weighted by Gasteiger charge is 2.12. The molecule has 0 radical (unpaired) electrons. The van der Waals surface area contributed by atoms with E-state index in [0.29, 0.717) is 6.04 Å². The molecule has 1 unspecified atom stereocenters. The van der Waals surface area contributed by atoms with Gasteiger partial charge in [0.25, 0.3) is 0 Å². The SMILES string of the molecule is CC(CCc1ccccc1)NN1CCCCC1. The van der Waals surface area contributed by atoms with Gasteiger partial charge >= 0.3 is 0 Å². The average molecular weight is 232 g/mol. The predicted molar refractivity (Wildman–Crippen MR) is 72.8 cm³/mol. The molecule has 0 bridgehead atoms. The van der Waals surface area contributed by atoms with Crippen molar-refractivity contribution in [1.29, 1.82) is 0 Å². The smallest absolute Gasteiger partial charge is 0.0190 e. The van der Waals surface area contributed by atoms with E-state index >= 15 is 0 Å². The Morgan fingerprint density at radius 3 is 2.53 bits per heavy atom. The zero-order valence-electron chi connectivity index (χ0n) is 10.9. The zero-order valence-corrected chi connectivity index (χ0v) is 10.9. The summed E-state index contributed by atoms with van der Waals surface area (Å²) in [5.74, 6) is 0. The summed E-state index contributed by atoms with van der Waals surface area (Å²) in [6, 6.07) is 11.3. The molecule has 2 rings (SSSR count). The van der Waals surface area contributed by atoms with Crippen molar-refractivity contribution in [3.63, 3.8) is 0 Å². The van der Waals surface area contributed by atoms with Crippen LogP contribution in [0.25, 0.3) is 0 Å². The van der Waals surface area contributed by atoms with Gasteiger partial charge in [-0.1, -0.05) is 36.8 Å². The normalized spacial score (nSPS) is 19.1. The number of rotatable bonds is 5. The van der Waals surface area contributed by atoms with E-state index in [1.165, 1.54) is 50.8 Å².